The van der Waals surface area contributed by atoms with E-state index in [9.17, 15) is 9.59 Å². The molecule has 0 bridgehead atoms. The van der Waals surface area contributed by atoms with Crippen LogP contribution in [0.3, 0.4) is 0 Å². The number of halogens is 1. The lowest BCUT2D eigenvalue weighted by molar-refractivity contribution is 0.0597. The number of carbonyl (C=O) groups excluding carboxylic acids is 1. The van der Waals surface area contributed by atoms with Crippen molar-refractivity contribution >= 4 is 27.5 Å². The number of nitrogens with zero attached hydrogens (tertiary/aromatic N) is 3. The van der Waals surface area contributed by atoms with Crippen molar-refractivity contribution in [3.05, 3.63) is 32.8 Å². The lowest BCUT2D eigenvalue weighted by Gasteiger charge is -2.05. The van der Waals surface area contributed by atoms with Gasteiger partial charge in [-0.1, -0.05) is 0 Å². The van der Waals surface area contributed by atoms with Crippen molar-refractivity contribution in [2.75, 3.05) is 7.11 Å². The number of ether oxygens (including phenoxy) is 1. The Labute approximate surface area is 98.6 Å². The first kappa shape index (κ1) is 10.9. The molecule has 0 aliphatic heterocycles. The fourth-order valence-electron chi connectivity index (χ4n) is 1.46. The summed E-state index contributed by atoms with van der Waals surface area (Å²) in [4.78, 5) is 23.2. The van der Waals surface area contributed by atoms with Gasteiger partial charge in [-0.3, -0.25) is 4.79 Å². The molecule has 2 heterocycles. The zero-order valence-corrected chi connectivity index (χ0v) is 10.2. The van der Waals surface area contributed by atoms with Crippen LogP contribution in [0.2, 0.25) is 0 Å². The maximum atomic E-state index is 11.9. The van der Waals surface area contributed by atoms with Crippen molar-refractivity contribution in [3.63, 3.8) is 0 Å². The van der Waals surface area contributed by atoms with E-state index in [4.69, 9.17) is 0 Å². The highest BCUT2D eigenvalue weighted by molar-refractivity contribution is 9.10. The normalized spacial score (nSPS) is 10.7. The highest BCUT2D eigenvalue weighted by Gasteiger charge is 2.16. The Morgan fingerprint density at radius 2 is 2.25 bits per heavy atom. The first-order valence-electron chi connectivity index (χ1n) is 4.37. The van der Waals surface area contributed by atoms with Gasteiger partial charge in [0.2, 0.25) is 0 Å². The minimum absolute atomic E-state index is 0.0481. The van der Waals surface area contributed by atoms with Crippen LogP contribution in [0, 0.1) is 0 Å². The molecule has 84 valence electrons. The van der Waals surface area contributed by atoms with Gasteiger partial charge >= 0.3 is 5.97 Å². The number of carbonyl (C=O) groups is 1. The molecule has 6 nitrogen and oxygen atoms in total. The van der Waals surface area contributed by atoms with Crippen LogP contribution in [0.5, 0.6) is 0 Å². The van der Waals surface area contributed by atoms with Crippen LogP contribution >= 0.6 is 15.9 Å². The number of aryl methyl sites for hydroxylation is 1. The van der Waals surface area contributed by atoms with Crippen molar-refractivity contribution in [2.45, 2.75) is 0 Å². The summed E-state index contributed by atoms with van der Waals surface area (Å²) in [6.07, 6.45) is 2.92. The Hall–Kier alpha value is -1.63. The molecule has 2 rings (SSSR count). The van der Waals surface area contributed by atoms with E-state index in [0.717, 1.165) is 4.52 Å². The van der Waals surface area contributed by atoms with Crippen LogP contribution in [0.15, 0.2) is 21.7 Å². The van der Waals surface area contributed by atoms with E-state index in [-0.39, 0.29) is 5.56 Å². The number of esters is 1. The summed E-state index contributed by atoms with van der Waals surface area (Å²) in [5.41, 5.74) is 0.0383. The first-order valence-corrected chi connectivity index (χ1v) is 5.16. The number of hydrogen-bond acceptors (Lipinski definition) is 4. The zero-order valence-electron chi connectivity index (χ0n) is 8.60. The second-order valence-electron chi connectivity index (χ2n) is 3.18. The maximum Gasteiger partial charge on any atom is 0.345 e. The average molecular weight is 286 g/mol. The highest BCUT2D eigenvalue weighted by Crippen LogP contribution is 2.15. The Bertz CT molecular complexity index is 629. The van der Waals surface area contributed by atoms with E-state index in [2.05, 4.69) is 25.8 Å². The van der Waals surface area contributed by atoms with E-state index in [0.29, 0.717) is 10.1 Å². The zero-order chi connectivity index (χ0) is 11.9. The summed E-state index contributed by atoms with van der Waals surface area (Å²) in [5.74, 6) is -0.672. The summed E-state index contributed by atoms with van der Waals surface area (Å²) in [6, 6.07) is 0. The van der Waals surface area contributed by atoms with Gasteiger partial charge in [-0.25, -0.2) is 4.79 Å². The van der Waals surface area contributed by atoms with Gasteiger partial charge in [0.15, 0.2) is 5.65 Å². The molecule has 0 atom stereocenters. The average Bonchev–Trinajstić information content (AvgIpc) is 2.65. The molecule has 2 aromatic rings. The Kier molecular flexibility index (Phi) is 2.55. The van der Waals surface area contributed by atoms with Gasteiger partial charge in [0.05, 0.1) is 17.8 Å². The van der Waals surface area contributed by atoms with Gasteiger partial charge in [0.25, 0.3) is 5.56 Å². The first-order chi connectivity index (χ1) is 7.56. The molecule has 0 saturated carbocycles. The third kappa shape index (κ3) is 1.44. The van der Waals surface area contributed by atoms with E-state index in [1.54, 1.807) is 11.6 Å². The molecule has 0 unspecified atom stereocenters. The monoisotopic (exact) mass is 285 g/mol. The highest BCUT2D eigenvalue weighted by atomic mass is 79.9. The summed E-state index contributed by atoms with van der Waals surface area (Å²) in [7, 11) is 2.94. The molecule has 16 heavy (non-hydrogen) atoms. The molecular formula is C9H8BrN3O3. The quantitative estimate of drug-likeness (QED) is 0.719. The van der Waals surface area contributed by atoms with Crippen LogP contribution in [-0.4, -0.2) is 27.3 Å². The van der Waals surface area contributed by atoms with Crippen molar-refractivity contribution in [2.24, 2.45) is 7.05 Å². The van der Waals surface area contributed by atoms with Gasteiger partial charge in [-0.15, -0.1) is 0 Å². The molecule has 0 amide bonds. The number of methoxy groups -OCH3 is 1. The van der Waals surface area contributed by atoms with Crippen molar-refractivity contribution < 1.29 is 9.53 Å². The number of rotatable bonds is 1. The maximum absolute atomic E-state index is 11.9. The van der Waals surface area contributed by atoms with E-state index >= 15 is 0 Å². The molecule has 0 aliphatic carbocycles. The molecule has 0 fully saturated rings. The second kappa shape index (κ2) is 3.75. The van der Waals surface area contributed by atoms with Crippen molar-refractivity contribution in [1.29, 1.82) is 0 Å². The summed E-state index contributed by atoms with van der Waals surface area (Å²) < 4.78 is 7.99. The topological polar surface area (TPSA) is 65.6 Å². The summed E-state index contributed by atoms with van der Waals surface area (Å²) in [6.45, 7) is 0. The van der Waals surface area contributed by atoms with Gasteiger partial charge in [-0.2, -0.15) is 9.61 Å². The standard InChI is InChI=1S/C9H8BrN3O3/c1-12-4-5(9(15)16-2)8(14)13-7(12)6(10)3-11-13/h3-4H,1-2H3. The van der Waals surface area contributed by atoms with Crippen LogP contribution in [0.4, 0.5) is 0 Å². The van der Waals surface area contributed by atoms with Crippen LogP contribution < -0.4 is 5.56 Å². The Morgan fingerprint density at radius 1 is 1.56 bits per heavy atom. The van der Waals surface area contributed by atoms with Crippen LogP contribution in [-0.2, 0) is 11.8 Å². The number of aromatic nitrogens is 3. The molecule has 0 aliphatic rings. The van der Waals surface area contributed by atoms with Crippen molar-refractivity contribution in [1.82, 2.24) is 14.2 Å². The Balaban J connectivity index is 2.87. The number of hydrogen-bond donors (Lipinski definition) is 0. The largest absolute Gasteiger partial charge is 0.465 e. The molecule has 0 radical (unpaired) electrons. The van der Waals surface area contributed by atoms with Gasteiger partial charge < -0.3 is 9.30 Å². The third-order valence-corrected chi connectivity index (χ3v) is 2.75. The fraction of sp³-hybridized carbons (Fsp3) is 0.222. The number of fused-ring (bicyclic) bond motifs is 1. The van der Waals surface area contributed by atoms with Gasteiger partial charge in [-0.05, 0) is 15.9 Å². The van der Waals surface area contributed by atoms with E-state index < -0.39 is 11.5 Å². The predicted octanol–water partition coefficient (Wildman–Crippen LogP) is 0.582. The third-order valence-electron chi connectivity index (χ3n) is 2.19. The Morgan fingerprint density at radius 3 is 2.88 bits per heavy atom. The van der Waals surface area contributed by atoms with Gasteiger partial charge in [0, 0.05) is 13.2 Å². The molecule has 7 heteroatoms. The summed E-state index contributed by atoms with van der Waals surface area (Å²) >= 11 is 3.27. The minimum atomic E-state index is -0.672. The lowest BCUT2D eigenvalue weighted by atomic mass is 10.3. The molecule has 2 aromatic heterocycles. The minimum Gasteiger partial charge on any atom is -0.465 e. The molecule has 0 spiro atoms. The smallest absolute Gasteiger partial charge is 0.345 e. The molecule has 0 N–H and O–H groups in total. The fourth-order valence-corrected chi connectivity index (χ4v) is 2.00. The summed E-state index contributed by atoms with van der Waals surface area (Å²) in [5, 5.41) is 3.88. The van der Waals surface area contributed by atoms with Gasteiger partial charge in [0.1, 0.15) is 5.56 Å². The van der Waals surface area contributed by atoms with E-state index in [1.165, 1.54) is 19.5 Å². The lowest BCUT2D eigenvalue weighted by Crippen LogP contribution is -2.25. The predicted molar refractivity (Wildman–Crippen MR) is 59.5 cm³/mol. The van der Waals surface area contributed by atoms with Crippen LogP contribution in [0.1, 0.15) is 10.4 Å². The molecule has 0 saturated heterocycles. The van der Waals surface area contributed by atoms with E-state index in [1.807, 2.05) is 0 Å². The molecular weight excluding hydrogens is 278 g/mol. The van der Waals surface area contributed by atoms with Crippen LogP contribution in [0.25, 0.3) is 5.65 Å². The molecule has 0 aromatic carbocycles. The second-order valence-corrected chi connectivity index (χ2v) is 4.03. The van der Waals surface area contributed by atoms with Crippen molar-refractivity contribution in [3.8, 4) is 0 Å². The SMILES string of the molecule is COC(=O)c1cn(C)c2c(Br)cnn2c1=O.